The number of rotatable bonds is 3. The van der Waals surface area contributed by atoms with Crippen LogP contribution in [0.4, 0.5) is 5.69 Å². The zero-order valence-corrected chi connectivity index (χ0v) is 18.7. The van der Waals surface area contributed by atoms with E-state index < -0.39 is 0 Å². The molecule has 4 nitrogen and oxygen atoms in total. The fraction of sp³-hybridized carbons (Fsp3) is 0.150. The average Bonchev–Trinajstić information content (AvgIpc) is 3.09. The topological polar surface area (TPSA) is 40.6 Å². The molecule has 28 heavy (non-hydrogen) atoms. The molecule has 2 heterocycles. The van der Waals surface area contributed by atoms with E-state index in [1.807, 2.05) is 43.3 Å². The molecule has 0 atom stereocenters. The minimum absolute atomic E-state index is 0.172. The summed E-state index contributed by atoms with van der Waals surface area (Å²) in [6, 6.07) is 13.0. The first-order chi connectivity index (χ1) is 13.4. The zero-order valence-electron chi connectivity index (χ0n) is 14.7. The highest BCUT2D eigenvalue weighted by molar-refractivity contribution is 9.10. The van der Waals surface area contributed by atoms with Gasteiger partial charge in [-0.25, -0.2) is 0 Å². The second-order valence-corrected chi connectivity index (χ2v) is 9.23. The van der Waals surface area contributed by atoms with Crippen molar-refractivity contribution < 1.29 is 9.59 Å². The van der Waals surface area contributed by atoms with Gasteiger partial charge in [0, 0.05) is 21.6 Å². The summed E-state index contributed by atoms with van der Waals surface area (Å²) in [6.45, 7) is 2.71. The van der Waals surface area contributed by atoms with Crippen molar-refractivity contribution >= 4 is 78.9 Å². The lowest BCUT2D eigenvalue weighted by Gasteiger charge is -2.15. The Labute approximate surface area is 185 Å². The van der Waals surface area contributed by atoms with Gasteiger partial charge in [-0.3, -0.25) is 14.5 Å². The Hall–Kier alpha value is -1.67. The molecule has 2 aromatic rings. The summed E-state index contributed by atoms with van der Waals surface area (Å²) in [6.07, 6.45) is 0. The van der Waals surface area contributed by atoms with Crippen molar-refractivity contribution in [2.24, 2.45) is 0 Å². The van der Waals surface area contributed by atoms with Crippen molar-refractivity contribution in [2.45, 2.75) is 13.5 Å². The molecule has 142 valence electrons. The molecule has 0 saturated carbocycles. The molecule has 2 aliphatic rings. The highest BCUT2D eigenvalue weighted by atomic mass is 79.9. The SMILES string of the molecule is CCN1C(=O)/C(=C2\SC(=S)N(Cc3ccccc3Cl)C2=O)c2cc(Br)ccc21. The second kappa shape index (κ2) is 7.63. The number of thioether (sulfide) groups is 1. The van der Waals surface area contributed by atoms with Crippen LogP contribution in [-0.2, 0) is 16.1 Å². The predicted molar refractivity (Wildman–Crippen MR) is 121 cm³/mol. The lowest BCUT2D eigenvalue weighted by molar-refractivity contribution is -0.122. The molecule has 0 radical (unpaired) electrons. The quantitative estimate of drug-likeness (QED) is 0.433. The Morgan fingerprint density at radius 2 is 1.86 bits per heavy atom. The van der Waals surface area contributed by atoms with E-state index in [4.69, 9.17) is 23.8 Å². The van der Waals surface area contributed by atoms with E-state index in [-0.39, 0.29) is 18.4 Å². The number of halogens is 2. The van der Waals surface area contributed by atoms with Crippen LogP contribution in [0, 0.1) is 0 Å². The Morgan fingerprint density at radius 1 is 1.11 bits per heavy atom. The Balaban J connectivity index is 1.77. The third-order valence-corrected chi connectivity index (χ3v) is 6.97. The van der Waals surface area contributed by atoms with Gasteiger partial charge in [0.25, 0.3) is 11.8 Å². The summed E-state index contributed by atoms with van der Waals surface area (Å²) < 4.78 is 1.27. The van der Waals surface area contributed by atoms with Crippen molar-refractivity contribution in [3.8, 4) is 0 Å². The Bertz CT molecular complexity index is 1070. The Kier molecular flexibility index (Phi) is 5.35. The molecule has 0 aromatic heterocycles. The summed E-state index contributed by atoms with van der Waals surface area (Å²) >= 11 is 16.3. The summed E-state index contributed by atoms with van der Waals surface area (Å²) in [5.41, 5.74) is 2.78. The number of anilines is 1. The lowest BCUT2D eigenvalue weighted by Crippen LogP contribution is -2.29. The average molecular weight is 494 g/mol. The van der Waals surface area contributed by atoms with Gasteiger partial charge in [0.1, 0.15) is 4.32 Å². The number of carbonyl (C=O) groups excluding carboxylic acids is 2. The van der Waals surface area contributed by atoms with Crippen molar-refractivity contribution in [3.05, 3.63) is 68.0 Å². The van der Waals surface area contributed by atoms with Gasteiger partial charge in [-0.1, -0.05) is 69.7 Å². The second-order valence-electron chi connectivity index (χ2n) is 6.27. The fourth-order valence-electron chi connectivity index (χ4n) is 3.32. The third kappa shape index (κ3) is 3.20. The van der Waals surface area contributed by atoms with Gasteiger partial charge in [0.05, 0.1) is 22.7 Å². The molecule has 2 aromatic carbocycles. The molecule has 0 spiro atoms. The monoisotopic (exact) mass is 492 g/mol. The van der Waals surface area contributed by atoms with E-state index in [0.717, 1.165) is 21.3 Å². The van der Waals surface area contributed by atoms with Crippen LogP contribution in [0.25, 0.3) is 5.57 Å². The molecule has 0 bridgehead atoms. The molecule has 1 fully saturated rings. The van der Waals surface area contributed by atoms with Gasteiger partial charge in [-0.05, 0) is 36.8 Å². The van der Waals surface area contributed by atoms with Crippen molar-refractivity contribution in [1.29, 1.82) is 0 Å². The normalized spacial score (nSPS) is 19.0. The van der Waals surface area contributed by atoms with Crippen molar-refractivity contribution in [2.75, 3.05) is 11.4 Å². The number of thiocarbonyl (C=S) groups is 1. The Morgan fingerprint density at radius 3 is 2.57 bits per heavy atom. The number of hydrogen-bond acceptors (Lipinski definition) is 4. The number of likely N-dealkylation sites (N-methyl/N-ethyl adjacent to an activating group) is 1. The summed E-state index contributed by atoms with van der Waals surface area (Å²) in [4.78, 5) is 29.8. The largest absolute Gasteiger partial charge is 0.308 e. The smallest absolute Gasteiger partial charge is 0.267 e. The summed E-state index contributed by atoms with van der Waals surface area (Å²) in [5.74, 6) is -0.434. The van der Waals surface area contributed by atoms with Crippen molar-refractivity contribution in [3.63, 3.8) is 0 Å². The summed E-state index contributed by atoms with van der Waals surface area (Å²) in [5, 5.41) is 0.576. The van der Waals surface area contributed by atoms with Crippen LogP contribution >= 0.6 is 51.5 Å². The molecule has 0 aliphatic carbocycles. The maximum atomic E-state index is 13.2. The first-order valence-electron chi connectivity index (χ1n) is 8.55. The van der Waals surface area contributed by atoms with Crippen LogP contribution in [0.1, 0.15) is 18.1 Å². The van der Waals surface area contributed by atoms with Crippen molar-refractivity contribution in [1.82, 2.24) is 4.90 Å². The number of carbonyl (C=O) groups is 2. The molecule has 0 unspecified atom stereocenters. The molecular formula is C20H14BrClN2O2S2. The molecule has 2 amide bonds. The lowest BCUT2D eigenvalue weighted by atomic mass is 10.1. The first-order valence-corrected chi connectivity index (χ1v) is 10.9. The minimum atomic E-state index is -0.262. The molecule has 1 saturated heterocycles. The fourth-order valence-corrected chi connectivity index (χ4v) is 5.20. The summed E-state index contributed by atoms with van der Waals surface area (Å²) in [7, 11) is 0. The third-order valence-electron chi connectivity index (χ3n) is 4.66. The number of hydrogen-bond donors (Lipinski definition) is 0. The van der Waals surface area contributed by atoms with E-state index >= 15 is 0 Å². The molecule has 8 heteroatoms. The molecule has 0 N–H and O–H groups in total. The highest BCUT2D eigenvalue weighted by Crippen LogP contribution is 2.45. The zero-order chi connectivity index (χ0) is 20.0. The van der Waals surface area contributed by atoms with Crippen LogP contribution in [-0.4, -0.2) is 27.6 Å². The van der Waals surface area contributed by atoms with E-state index in [1.165, 1.54) is 16.7 Å². The van der Waals surface area contributed by atoms with E-state index in [0.29, 0.717) is 26.4 Å². The van der Waals surface area contributed by atoms with Gasteiger partial charge in [-0.2, -0.15) is 0 Å². The maximum absolute atomic E-state index is 13.2. The van der Waals surface area contributed by atoms with Crippen LogP contribution in [0.5, 0.6) is 0 Å². The molecule has 4 rings (SSSR count). The standard InChI is InChI=1S/C20H14BrClN2O2S2/c1-2-23-15-8-7-12(21)9-13(15)16(18(23)25)17-19(26)24(20(27)28-17)10-11-5-3-4-6-14(11)22/h3-9H,2,10H2,1H3/b17-16-. The van der Waals surface area contributed by atoms with Crippen LogP contribution < -0.4 is 4.90 Å². The van der Waals surface area contributed by atoms with E-state index in [9.17, 15) is 9.59 Å². The van der Waals surface area contributed by atoms with Gasteiger partial charge in [0.2, 0.25) is 0 Å². The highest BCUT2D eigenvalue weighted by Gasteiger charge is 2.41. The maximum Gasteiger partial charge on any atom is 0.267 e. The molecule has 2 aliphatic heterocycles. The number of fused-ring (bicyclic) bond motifs is 1. The minimum Gasteiger partial charge on any atom is -0.308 e. The van der Waals surface area contributed by atoms with Crippen LogP contribution in [0.3, 0.4) is 0 Å². The van der Waals surface area contributed by atoms with Crippen LogP contribution in [0.2, 0.25) is 5.02 Å². The van der Waals surface area contributed by atoms with E-state index in [2.05, 4.69) is 15.9 Å². The predicted octanol–water partition coefficient (Wildman–Crippen LogP) is 5.24. The number of nitrogens with zero attached hydrogens (tertiary/aromatic N) is 2. The number of amides is 2. The van der Waals surface area contributed by atoms with Gasteiger partial charge >= 0.3 is 0 Å². The van der Waals surface area contributed by atoms with E-state index in [1.54, 1.807) is 11.0 Å². The first kappa shape index (κ1) is 19.6. The van der Waals surface area contributed by atoms with Gasteiger partial charge in [0.15, 0.2) is 0 Å². The van der Waals surface area contributed by atoms with Crippen LogP contribution in [0.15, 0.2) is 51.8 Å². The number of benzene rings is 2. The van der Waals surface area contributed by atoms with Gasteiger partial charge < -0.3 is 4.90 Å². The van der Waals surface area contributed by atoms with Gasteiger partial charge in [-0.15, -0.1) is 0 Å². The molecular weight excluding hydrogens is 480 g/mol.